The number of hydrogen-bond acceptors (Lipinski definition) is 5. The summed E-state index contributed by atoms with van der Waals surface area (Å²) in [5, 5.41) is 3.10. The topological polar surface area (TPSA) is 65.1 Å². The first-order chi connectivity index (χ1) is 14.9. The second-order valence-corrected chi connectivity index (χ2v) is 9.38. The van der Waals surface area contributed by atoms with Gasteiger partial charge in [-0.2, -0.15) is 0 Å². The van der Waals surface area contributed by atoms with Gasteiger partial charge in [0.05, 0.1) is 13.3 Å². The molecule has 1 spiro atoms. The fraction of sp³-hybridized carbons (Fsp3) is 0.667. The van der Waals surface area contributed by atoms with Crippen LogP contribution in [0.25, 0.3) is 0 Å². The molecule has 0 unspecified atom stereocenters. The molecule has 31 heavy (non-hydrogen) atoms. The first kappa shape index (κ1) is 22.1. The maximum Gasteiger partial charge on any atom is 0.326 e. The van der Waals surface area contributed by atoms with E-state index in [1.54, 1.807) is 0 Å². The Morgan fingerprint density at radius 3 is 2.23 bits per heavy atom. The van der Waals surface area contributed by atoms with Crippen LogP contribution in [0.5, 0.6) is 5.75 Å². The van der Waals surface area contributed by atoms with Crippen molar-refractivity contribution in [3.05, 3.63) is 29.8 Å². The van der Waals surface area contributed by atoms with Crippen LogP contribution < -0.4 is 10.1 Å². The van der Waals surface area contributed by atoms with Crippen LogP contribution in [0.4, 0.5) is 4.79 Å². The number of carbonyl (C=O) groups excluding carboxylic acids is 2. The average Bonchev–Trinajstić information content (AvgIpc) is 3.01. The quantitative estimate of drug-likeness (QED) is 0.706. The molecule has 170 valence electrons. The molecular weight excluding hydrogens is 392 g/mol. The third-order valence-electron chi connectivity index (χ3n) is 7.43. The lowest BCUT2D eigenvalue weighted by Gasteiger charge is -2.42. The van der Waals surface area contributed by atoms with Gasteiger partial charge in [0, 0.05) is 32.7 Å². The molecule has 1 aliphatic carbocycles. The van der Waals surface area contributed by atoms with E-state index in [4.69, 9.17) is 4.74 Å². The molecular formula is C24H36N4O3. The number of piperazine rings is 1. The zero-order valence-corrected chi connectivity index (χ0v) is 19.1. The predicted molar refractivity (Wildman–Crippen MR) is 120 cm³/mol. The normalized spacial score (nSPS) is 27.0. The number of nitrogens with one attached hydrogen (secondary N) is 1. The number of ether oxygens (including phenoxy) is 1. The minimum atomic E-state index is -0.704. The van der Waals surface area contributed by atoms with Gasteiger partial charge in [-0.05, 0) is 49.3 Å². The Bertz CT molecular complexity index is 779. The van der Waals surface area contributed by atoms with E-state index in [9.17, 15) is 9.59 Å². The third-order valence-corrected chi connectivity index (χ3v) is 7.43. The van der Waals surface area contributed by atoms with Crippen molar-refractivity contribution in [2.75, 3.05) is 39.5 Å². The van der Waals surface area contributed by atoms with Gasteiger partial charge in [0.2, 0.25) is 0 Å². The number of rotatable bonds is 6. The predicted octanol–water partition coefficient (Wildman–Crippen LogP) is 2.91. The number of hydrogen-bond donors (Lipinski definition) is 1. The SMILES string of the molecule is CCOc1ccc(CN2CCN(CN3C(=O)NC4(C3=O)[C@H](C)CCC[C@H]4C)CC2)cc1. The Morgan fingerprint density at radius 1 is 1.00 bits per heavy atom. The molecule has 1 aromatic carbocycles. The molecule has 0 aromatic heterocycles. The molecule has 2 atom stereocenters. The summed E-state index contributed by atoms with van der Waals surface area (Å²) in [5.74, 6) is 1.25. The fourth-order valence-electron chi connectivity index (χ4n) is 5.49. The first-order valence-electron chi connectivity index (χ1n) is 11.7. The molecule has 3 fully saturated rings. The number of nitrogens with zero attached hydrogens (tertiary/aromatic N) is 3. The lowest BCUT2D eigenvalue weighted by atomic mass is 9.67. The van der Waals surface area contributed by atoms with Gasteiger partial charge in [-0.3, -0.25) is 14.6 Å². The lowest BCUT2D eigenvalue weighted by molar-refractivity contribution is -0.138. The number of urea groups is 1. The molecule has 2 heterocycles. The van der Waals surface area contributed by atoms with Crippen molar-refractivity contribution in [3.63, 3.8) is 0 Å². The van der Waals surface area contributed by atoms with Gasteiger partial charge in [-0.1, -0.05) is 32.4 Å². The van der Waals surface area contributed by atoms with Crippen molar-refractivity contribution in [2.45, 2.75) is 52.1 Å². The van der Waals surface area contributed by atoms with E-state index in [1.807, 2.05) is 19.1 Å². The van der Waals surface area contributed by atoms with Crippen LogP contribution in [-0.4, -0.2) is 71.6 Å². The minimum Gasteiger partial charge on any atom is -0.494 e. The highest BCUT2D eigenvalue weighted by molar-refractivity contribution is 6.07. The molecule has 3 aliphatic rings. The number of carbonyl (C=O) groups is 2. The highest BCUT2D eigenvalue weighted by Gasteiger charge is 2.58. The third kappa shape index (κ3) is 4.30. The van der Waals surface area contributed by atoms with Gasteiger partial charge in [-0.25, -0.2) is 9.69 Å². The first-order valence-corrected chi connectivity index (χ1v) is 11.7. The maximum atomic E-state index is 13.4. The summed E-state index contributed by atoms with van der Waals surface area (Å²) >= 11 is 0. The van der Waals surface area contributed by atoms with Gasteiger partial charge >= 0.3 is 6.03 Å². The maximum absolute atomic E-state index is 13.4. The summed E-state index contributed by atoms with van der Waals surface area (Å²) in [5.41, 5.74) is 0.568. The summed E-state index contributed by atoms with van der Waals surface area (Å²) < 4.78 is 5.52. The van der Waals surface area contributed by atoms with Gasteiger partial charge in [0.25, 0.3) is 5.91 Å². The molecule has 4 rings (SSSR count). The largest absolute Gasteiger partial charge is 0.494 e. The molecule has 7 heteroatoms. The Labute approximate surface area is 185 Å². The Kier molecular flexibility index (Phi) is 6.53. The van der Waals surface area contributed by atoms with Crippen LogP contribution in [0.1, 0.15) is 45.6 Å². The van der Waals surface area contributed by atoms with Crippen LogP contribution in [-0.2, 0) is 11.3 Å². The molecule has 1 N–H and O–H groups in total. The zero-order valence-electron chi connectivity index (χ0n) is 19.1. The van der Waals surface area contributed by atoms with Crippen LogP contribution in [0.3, 0.4) is 0 Å². The minimum absolute atomic E-state index is 0.0194. The van der Waals surface area contributed by atoms with Crippen LogP contribution in [0, 0.1) is 11.8 Å². The number of imide groups is 1. The summed E-state index contributed by atoms with van der Waals surface area (Å²) in [6.07, 6.45) is 3.12. The molecule has 0 bridgehead atoms. The fourth-order valence-corrected chi connectivity index (χ4v) is 5.49. The van der Waals surface area contributed by atoms with E-state index in [0.29, 0.717) is 13.3 Å². The van der Waals surface area contributed by atoms with Crippen molar-refractivity contribution < 1.29 is 14.3 Å². The average molecular weight is 429 g/mol. The zero-order chi connectivity index (χ0) is 22.0. The second kappa shape index (κ2) is 9.17. The molecule has 1 saturated carbocycles. The monoisotopic (exact) mass is 428 g/mol. The van der Waals surface area contributed by atoms with E-state index in [-0.39, 0.29) is 23.8 Å². The molecule has 1 aromatic rings. The molecule has 3 amide bonds. The second-order valence-electron chi connectivity index (χ2n) is 9.38. The highest BCUT2D eigenvalue weighted by atomic mass is 16.5. The van der Waals surface area contributed by atoms with Crippen LogP contribution in [0.15, 0.2) is 24.3 Å². The lowest BCUT2D eigenvalue weighted by Crippen LogP contribution is -2.59. The van der Waals surface area contributed by atoms with Crippen molar-refractivity contribution in [2.24, 2.45) is 11.8 Å². The van der Waals surface area contributed by atoms with Crippen molar-refractivity contribution >= 4 is 11.9 Å². The van der Waals surface area contributed by atoms with E-state index in [2.05, 4.69) is 41.1 Å². The summed E-state index contributed by atoms with van der Waals surface area (Å²) in [6.45, 7) is 11.7. The van der Waals surface area contributed by atoms with Gasteiger partial charge in [0.15, 0.2) is 0 Å². The molecule has 2 aliphatic heterocycles. The van der Waals surface area contributed by atoms with Gasteiger partial charge in [0.1, 0.15) is 11.3 Å². The molecule has 0 radical (unpaired) electrons. The van der Waals surface area contributed by atoms with E-state index >= 15 is 0 Å². The smallest absolute Gasteiger partial charge is 0.326 e. The van der Waals surface area contributed by atoms with E-state index in [0.717, 1.165) is 57.7 Å². The van der Waals surface area contributed by atoms with Crippen LogP contribution in [0.2, 0.25) is 0 Å². The Balaban J connectivity index is 1.30. The van der Waals surface area contributed by atoms with Crippen molar-refractivity contribution in [1.82, 2.24) is 20.0 Å². The van der Waals surface area contributed by atoms with Crippen LogP contribution >= 0.6 is 0 Å². The van der Waals surface area contributed by atoms with E-state index in [1.165, 1.54) is 10.5 Å². The van der Waals surface area contributed by atoms with Gasteiger partial charge < -0.3 is 10.1 Å². The summed E-state index contributed by atoms with van der Waals surface area (Å²) in [7, 11) is 0. The van der Waals surface area contributed by atoms with Crippen molar-refractivity contribution in [1.29, 1.82) is 0 Å². The highest BCUT2D eigenvalue weighted by Crippen LogP contribution is 2.42. The van der Waals surface area contributed by atoms with Gasteiger partial charge in [-0.15, -0.1) is 0 Å². The van der Waals surface area contributed by atoms with E-state index < -0.39 is 5.54 Å². The summed E-state index contributed by atoms with van der Waals surface area (Å²) in [4.78, 5) is 32.2. The number of benzene rings is 1. The standard InChI is InChI=1S/C24H36N4O3/c1-4-31-21-10-8-20(9-11-21)16-26-12-14-27(15-13-26)17-28-22(29)24(25-23(28)30)18(2)6-5-7-19(24)3/h8-11,18-19H,4-7,12-17H2,1-3H3,(H,25,30)/t18-,19-/m1/s1. The Hall–Kier alpha value is -2.12. The Morgan fingerprint density at radius 2 is 1.61 bits per heavy atom. The summed E-state index contributed by atoms with van der Waals surface area (Å²) in [6, 6.07) is 8.07. The number of amides is 3. The molecule has 7 nitrogen and oxygen atoms in total. The van der Waals surface area contributed by atoms with Crippen molar-refractivity contribution in [3.8, 4) is 5.75 Å². The molecule has 2 saturated heterocycles.